The number of carbonyl (C=O) groups excluding carboxylic acids is 2. The highest BCUT2D eigenvalue weighted by atomic mass is 35.5. The van der Waals surface area contributed by atoms with Crippen molar-refractivity contribution in [3.8, 4) is 0 Å². The molecule has 0 aliphatic carbocycles. The molecule has 2 aromatic carbocycles. The maximum Gasteiger partial charge on any atom is 0.242 e. The number of carbonyl (C=O) groups is 2. The topological polar surface area (TPSA) is 49.4 Å². The van der Waals surface area contributed by atoms with Crippen molar-refractivity contribution in [2.24, 2.45) is 0 Å². The van der Waals surface area contributed by atoms with Gasteiger partial charge in [0.15, 0.2) is 0 Å². The van der Waals surface area contributed by atoms with Gasteiger partial charge in [0, 0.05) is 17.6 Å². The molecule has 0 fully saturated rings. The summed E-state index contributed by atoms with van der Waals surface area (Å²) in [5.41, 5.74) is 1.14. The van der Waals surface area contributed by atoms with Crippen LogP contribution in [0, 0.1) is 5.82 Å². The van der Waals surface area contributed by atoms with Gasteiger partial charge < -0.3 is 10.2 Å². The second-order valence-electron chi connectivity index (χ2n) is 6.76. The predicted molar refractivity (Wildman–Crippen MR) is 105 cm³/mol. The molecule has 27 heavy (non-hydrogen) atoms. The first-order chi connectivity index (χ1) is 12.8. The molecule has 144 valence electrons. The summed E-state index contributed by atoms with van der Waals surface area (Å²) in [5, 5.41) is 3.41. The third-order valence-corrected chi connectivity index (χ3v) is 4.42. The number of benzene rings is 2. The van der Waals surface area contributed by atoms with Crippen LogP contribution in [0.3, 0.4) is 0 Å². The molecule has 1 N–H and O–H groups in total. The lowest BCUT2D eigenvalue weighted by Gasteiger charge is -2.29. The minimum absolute atomic E-state index is 0.0426. The van der Waals surface area contributed by atoms with Crippen LogP contribution in [0.4, 0.5) is 4.39 Å². The van der Waals surface area contributed by atoms with Gasteiger partial charge in [0.05, 0.1) is 6.42 Å². The van der Waals surface area contributed by atoms with Crippen LogP contribution in [0.25, 0.3) is 0 Å². The van der Waals surface area contributed by atoms with Crippen LogP contribution in [0.1, 0.15) is 31.9 Å². The summed E-state index contributed by atoms with van der Waals surface area (Å²) >= 11 is 5.92. The lowest BCUT2D eigenvalue weighted by Crippen LogP contribution is -2.49. The van der Waals surface area contributed by atoms with E-state index in [1.54, 1.807) is 49.4 Å². The second-order valence-corrected chi connectivity index (χ2v) is 7.19. The van der Waals surface area contributed by atoms with Crippen LogP contribution in [-0.2, 0) is 22.6 Å². The normalized spacial score (nSPS) is 11.9. The highest BCUT2D eigenvalue weighted by Gasteiger charge is 2.27. The van der Waals surface area contributed by atoms with Crippen molar-refractivity contribution in [3.05, 3.63) is 70.5 Å². The average Bonchev–Trinajstić information content (AvgIpc) is 2.62. The van der Waals surface area contributed by atoms with E-state index in [1.807, 2.05) is 13.8 Å². The molecule has 0 radical (unpaired) electrons. The first-order valence-electron chi connectivity index (χ1n) is 8.85. The van der Waals surface area contributed by atoms with Gasteiger partial charge in [-0.1, -0.05) is 41.9 Å². The van der Waals surface area contributed by atoms with E-state index in [0.29, 0.717) is 10.6 Å². The zero-order chi connectivity index (χ0) is 20.0. The molecule has 0 spiro atoms. The summed E-state index contributed by atoms with van der Waals surface area (Å²) < 4.78 is 14.0. The number of amides is 2. The van der Waals surface area contributed by atoms with Gasteiger partial charge in [-0.15, -0.1) is 0 Å². The number of rotatable bonds is 7. The summed E-state index contributed by atoms with van der Waals surface area (Å²) in [7, 11) is 0. The van der Waals surface area contributed by atoms with Crippen molar-refractivity contribution in [2.75, 3.05) is 0 Å². The summed E-state index contributed by atoms with van der Waals surface area (Å²) in [4.78, 5) is 26.8. The monoisotopic (exact) mass is 390 g/mol. The summed E-state index contributed by atoms with van der Waals surface area (Å²) in [6.45, 7) is 5.62. The number of hydrogen-bond donors (Lipinski definition) is 1. The van der Waals surface area contributed by atoms with Gasteiger partial charge in [-0.25, -0.2) is 4.39 Å². The van der Waals surface area contributed by atoms with E-state index in [9.17, 15) is 14.0 Å². The molecule has 0 aliphatic rings. The minimum Gasteiger partial charge on any atom is -0.352 e. The van der Waals surface area contributed by atoms with Gasteiger partial charge in [-0.2, -0.15) is 0 Å². The van der Waals surface area contributed by atoms with Crippen LogP contribution < -0.4 is 5.32 Å². The number of hydrogen-bond acceptors (Lipinski definition) is 2. The quantitative estimate of drug-likeness (QED) is 0.777. The maximum atomic E-state index is 14.0. The Kier molecular flexibility index (Phi) is 7.36. The molecule has 0 aliphatic heterocycles. The fourth-order valence-electron chi connectivity index (χ4n) is 2.68. The van der Waals surface area contributed by atoms with Crippen molar-refractivity contribution >= 4 is 23.4 Å². The zero-order valence-corrected chi connectivity index (χ0v) is 16.5. The Morgan fingerprint density at radius 1 is 1.07 bits per heavy atom. The molecule has 1 atom stereocenters. The fourth-order valence-corrected chi connectivity index (χ4v) is 2.81. The van der Waals surface area contributed by atoms with E-state index in [0.717, 1.165) is 5.56 Å². The molecule has 0 saturated carbocycles. The molecule has 0 bridgehead atoms. The van der Waals surface area contributed by atoms with Gasteiger partial charge in [0.2, 0.25) is 11.8 Å². The molecule has 0 saturated heterocycles. The Bertz CT molecular complexity index is 793. The van der Waals surface area contributed by atoms with Crippen molar-refractivity contribution in [3.63, 3.8) is 0 Å². The Morgan fingerprint density at radius 2 is 1.70 bits per heavy atom. The van der Waals surface area contributed by atoms with Gasteiger partial charge in [0.1, 0.15) is 11.9 Å². The van der Waals surface area contributed by atoms with E-state index in [-0.39, 0.29) is 30.8 Å². The minimum atomic E-state index is -0.692. The maximum absolute atomic E-state index is 14.0. The van der Waals surface area contributed by atoms with Crippen molar-refractivity contribution in [2.45, 2.75) is 45.8 Å². The van der Waals surface area contributed by atoms with Crippen molar-refractivity contribution < 1.29 is 14.0 Å². The van der Waals surface area contributed by atoms with Gasteiger partial charge in [-0.05, 0) is 50.1 Å². The van der Waals surface area contributed by atoms with Gasteiger partial charge >= 0.3 is 0 Å². The molecule has 0 aromatic heterocycles. The first-order valence-corrected chi connectivity index (χ1v) is 9.23. The van der Waals surface area contributed by atoms with Crippen molar-refractivity contribution in [1.82, 2.24) is 10.2 Å². The first kappa shape index (κ1) is 20.9. The van der Waals surface area contributed by atoms with Crippen LogP contribution in [0.15, 0.2) is 48.5 Å². The third kappa shape index (κ3) is 6.07. The number of halogens is 2. The largest absolute Gasteiger partial charge is 0.352 e. The molecular weight excluding hydrogens is 367 g/mol. The van der Waals surface area contributed by atoms with E-state index in [2.05, 4.69) is 5.32 Å². The lowest BCUT2D eigenvalue weighted by molar-refractivity contribution is -0.140. The standard InChI is InChI=1S/C21H24ClFN2O2/c1-14(2)24-21(27)15(3)25(13-16-8-10-18(22)11-9-16)20(26)12-17-6-4-5-7-19(17)23/h4-11,14-15H,12-13H2,1-3H3,(H,24,27)/t15-/m1/s1. The molecule has 2 aromatic rings. The molecule has 2 rings (SSSR count). The summed E-state index contributed by atoms with van der Waals surface area (Å²) in [6.07, 6.45) is -0.112. The smallest absolute Gasteiger partial charge is 0.242 e. The Hall–Kier alpha value is -2.40. The lowest BCUT2D eigenvalue weighted by atomic mass is 10.1. The van der Waals surface area contributed by atoms with Crippen LogP contribution in [0.2, 0.25) is 5.02 Å². The SMILES string of the molecule is CC(C)NC(=O)[C@@H](C)N(Cc1ccc(Cl)cc1)C(=O)Cc1ccccc1F. The average molecular weight is 391 g/mol. The fraction of sp³-hybridized carbons (Fsp3) is 0.333. The highest BCUT2D eigenvalue weighted by Crippen LogP contribution is 2.16. The van der Waals surface area contributed by atoms with Crippen LogP contribution in [-0.4, -0.2) is 28.8 Å². The summed E-state index contributed by atoms with van der Waals surface area (Å²) in [6, 6.07) is 12.5. The molecule has 0 unspecified atom stereocenters. The Balaban J connectivity index is 2.24. The third-order valence-electron chi connectivity index (χ3n) is 4.16. The van der Waals surface area contributed by atoms with E-state index in [4.69, 9.17) is 11.6 Å². The van der Waals surface area contributed by atoms with Gasteiger partial charge in [-0.3, -0.25) is 9.59 Å². The van der Waals surface area contributed by atoms with E-state index < -0.39 is 11.9 Å². The molecule has 4 nitrogen and oxygen atoms in total. The molecule has 2 amide bonds. The predicted octanol–water partition coefficient (Wildman–Crippen LogP) is 3.96. The number of nitrogens with one attached hydrogen (secondary N) is 1. The highest BCUT2D eigenvalue weighted by molar-refractivity contribution is 6.30. The summed E-state index contributed by atoms with van der Waals surface area (Å²) in [5.74, 6) is -1.00. The second kappa shape index (κ2) is 9.51. The zero-order valence-electron chi connectivity index (χ0n) is 15.7. The Labute approximate surface area is 164 Å². The van der Waals surface area contributed by atoms with E-state index in [1.165, 1.54) is 11.0 Å². The molecule has 0 heterocycles. The Morgan fingerprint density at radius 3 is 2.30 bits per heavy atom. The van der Waals surface area contributed by atoms with Crippen molar-refractivity contribution in [1.29, 1.82) is 0 Å². The van der Waals surface area contributed by atoms with Crippen LogP contribution in [0.5, 0.6) is 0 Å². The van der Waals surface area contributed by atoms with Gasteiger partial charge in [0.25, 0.3) is 0 Å². The van der Waals surface area contributed by atoms with E-state index >= 15 is 0 Å². The molecule has 6 heteroatoms. The number of nitrogens with zero attached hydrogens (tertiary/aromatic N) is 1. The molecular formula is C21H24ClFN2O2. The van der Waals surface area contributed by atoms with Crippen LogP contribution >= 0.6 is 11.6 Å².